The molecule has 1 saturated heterocycles. The molecule has 1 N–H and O–H groups in total. The van der Waals surface area contributed by atoms with Crippen LogP contribution in [0.4, 0.5) is 5.69 Å². The van der Waals surface area contributed by atoms with Crippen molar-refractivity contribution < 1.29 is 19.5 Å². The van der Waals surface area contributed by atoms with Gasteiger partial charge in [-0.15, -0.1) is 0 Å². The number of carboxylic acid groups (broad SMARTS) is 1. The van der Waals surface area contributed by atoms with Crippen molar-refractivity contribution in [2.45, 2.75) is 13.0 Å². The van der Waals surface area contributed by atoms with E-state index in [1.807, 2.05) is 30.3 Å². The quantitative estimate of drug-likeness (QED) is 0.540. The molecule has 2 aromatic carbocycles. The maximum atomic E-state index is 13.4. The summed E-state index contributed by atoms with van der Waals surface area (Å²) in [6, 6.07) is 14.7. The molecule has 9 heteroatoms. The number of nitrogens with zero attached hydrogens (tertiary/aromatic N) is 2. The normalized spacial score (nSPS) is 18.4. The monoisotopic (exact) mass is 458 g/mol. The first-order valence-corrected chi connectivity index (χ1v) is 10.6. The predicted molar refractivity (Wildman–Crippen MR) is 120 cm³/mol. The second kappa shape index (κ2) is 8.22. The highest BCUT2D eigenvalue weighted by atomic mass is 35.5. The van der Waals surface area contributed by atoms with Crippen LogP contribution in [0.1, 0.15) is 17.5 Å². The number of benzene rings is 2. The maximum absolute atomic E-state index is 13.4. The van der Waals surface area contributed by atoms with Crippen molar-refractivity contribution in [1.82, 2.24) is 4.90 Å². The second-order valence-corrected chi connectivity index (χ2v) is 8.79. The lowest BCUT2D eigenvalue weighted by molar-refractivity contribution is -0.137. The standard InChI is InChI=1S/C21H15ClN2O4S2/c22-13-6-7-15-14(10-13)17(19(27)24(15)11-12-4-2-1-3-5-12)18-20(28)23(21(29)30-18)9-8-16(25)26/h1-7,10H,8-9,11H2,(H,25,26)/b18-17-. The second-order valence-electron chi connectivity index (χ2n) is 6.71. The van der Waals surface area contributed by atoms with Gasteiger partial charge in [0.2, 0.25) is 0 Å². The summed E-state index contributed by atoms with van der Waals surface area (Å²) in [5.41, 5.74) is 2.43. The van der Waals surface area contributed by atoms with E-state index in [0.29, 0.717) is 22.8 Å². The van der Waals surface area contributed by atoms with E-state index in [1.165, 1.54) is 4.90 Å². The minimum atomic E-state index is -1.03. The lowest BCUT2D eigenvalue weighted by Crippen LogP contribution is -2.31. The molecule has 4 rings (SSSR count). The molecule has 0 aliphatic carbocycles. The molecular weight excluding hydrogens is 444 g/mol. The zero-order chi connectivity index (χ0) is 21.4. The van der Waals surface area contributed by atoms with Crippen LogP contribution in [0.2, 0.25) is 5.02 Å². The molecule has 2 aliphatic heterocycles. The smallest absolute Gasteiger partial charge is 0.305 e. The Morgan fingerprint density at radius 2 is 1.80 bits per heavy atom. The number of halogens is 1. The van der Waals surface area contributed by atoms with Crippen molar-refractivity contribution in [3.05, 3.63) is 69.6 Å². The Hall–Kier alpha value is -2.68. The lowest BCUT2D eigenvalue weighted by Gasteiger charge is -2.17. The van der Waals surface area contributed by atoms with Crippen LogP contribution < -0.4 is 4.90 Å². The number of rotatable bonds is 5. The number of anilines is 1. The Kier molecular flexibility index (Phi) is 5.64. The van der Waals surface area contributed by atoms with Gasteiger partial charge in [0, 0.05) is 17.1 Å². The van der Waals surface area contributed by atoms with E-state index in [0.717, 1.165) is 17.3 Å². The molecule has 2 aromatic rings. The molecular formula is C21H15ClN2O4S2. The van der Waals surface area contributed by atoms with Crippen LogP contribution in [0, 0.1) is 0 Å². The summed E-state index contributed by atoms with van der Waals surface area (Å²) in [6.45, 7) is 0.304. The van der Waals surface area contributed by atoms with Gasteiger partial charge in [0.15, 0.2) is 0 Å². The molecule has 6 nitrogen and oxygen atoms in total. The Bertz CT molecular complexity index is 1120. The molecule has 2 aliphatic rings. The number of thioether (sulfide) groups is 1. The predicted octanol–water partition coefficient (Wildman–Crippen LogP) is 3.93. The highest BCUT2D eigenvalue weighted by molar-refractivity contribution is 8.26. The van der Waals surface area contributed by atoms with Crippen molar-refractivity contribution in [2.24, 2.45) is 0 Å². The van der Waals surface area contributed by atoms with E-state index in [-0.39, 0.29) is 33.7 Å². The summed E-state index contributed by atoms with van der Waals surface area (Å²) >= 11 is 12.5. The van der Waals surface area contributed by atoms with Gasteiger partial charge in [-0.25, -0.2) is 0 Å². The number of carbonyl (C=O) groups excluding carboxylic acids is 2. The molecule has 0 radical (unpaired) electrons. The van der Waals surface area contributed by atoms with Crippen molar-refractivity contribution in [2.75, 3.05) is 11.4 Å². The average Bonchev–Trinajstić information content (AvgIpc) is 3.13. The SMILES string of the molecule is O=C(O)CCN1C(=O)/C(=C2/C(=O)N(Cc3ccccc3)c3ccc(Cl)cc32)SC1=S. The minimum absolute atomic E-state index is 0.0406. The third-order valence-electron chi connectivity index (χ3n) is 4.79. The average molecular weight is 459 g/mol. The largest absolute Gasteiger partial charge is 0.481 e. The number of amides is 2. The summed E-state index contributed by atoms with van der Waals surface area (Å²) in [7, 11) is 0. The van der Waals surface area contributed by atoms with Gasteiger partial charge >= 0.3 is 5.97 Å². The molecule has 0 aromatic heterocycles. The first-order valence-electron chi connectivity index (χ1n) is 9.02. The van der Waals surface area contributed by atoms with Gasteiger partial charge in [-0.2, -0.15) is 0 Å². The van der Waals surface area contributed by atoms with Crippen LogP contribution in [0.25, 0.3) is 5.57 Å². The van der Waals surface area contributed by atoms with Gasteiger partial charge in [-0.1, -0.05) is 65.9 Å². The Balaban J connectivity index is 1.76. The van der Waals surface area contributed by atoms with Crippen molar-refractivity contribution in [3.63, 3.8) is 0 Å². The fourth-order valence-electron chi connectivity index (χ4n) is 3.40. The van der Waals surface area contributed by atoms with Gasteiger partial charge in [-0.05, 0) is 23.8 Å². The summed E-state index contributed by atoms with van der Waals surface area (Å²) in [5.74, 6) is -1.79. The van der Waals surface area contributed by atoms with Crippen molar-refractivity contribution in [1.29, 1.82) is 0 Å². The van der Waals surface area contributed by atoms with Crippen LogP contribution in [0.15, 0.2) is 53.4 Å². The molecule has 0 atom stereocenters. The van der Waals surface area contributed by atoms with E-state index in [2.05, 4.69) is 0 Å². The number of hydrogen-bond donors (Lipinski definition) is 1. The van der Waals surface area contributed by atoms with E-state index in [4.69, 9.17) is 28.9 Å². The molecule has 0 saturated carbocycles. The fourth-order valence-corrected chi connectivity index (χ4v) is 4.95. The summed E-state index contributed by atoms with van der Waals surface area (Å²) in [4.78, 5) is 40.3. The molecule has 30 heavy (non-hydrogen) atoms. The first kappa shape index (κ1) is 20.6. The number of thiocarbonyl (C=S) groups is 1. The highest BCUT2D eigenvalue weighted by Crippen LogP contribution is 2.45. The molecule has 2 amide bonds. The van der Waals surface area contributed by atoms with Gasteiger partial charge in [0.1, 0.15) is 4.32 Å². The fraction of sp³-hybridized carbons (Fsp3) is 0.143. The topological polar surface area (TPSA) is 77.9 Å². The van der Waals surface area contributed by atoms with Gasteiger partial charge in [0.25, 0.3) is 11.8 Å². The van der Waals surface area contributed by atoms with Gasteiger partial charge in [0.05, 0.1) is 29.1 Å². The van der Waals surface area contributed by atoms with Crippen LogP contribution >= 0.6 is 35.6 Å². The zero-order valence-corrected chi connectivity index (χ0v) is 17.9. The molecule has 152 valence electrons. The number of fused-ring (bicyclic) bond motifs is 1. The Morgan fingerprint density at radius 3 is 2.50 bits per heavy atom. The maximum Gasteiger partial charge on any atom is 0.305 e. The van der Waals surface area contributed by atoms with E-state index in [9.17, 15) is 14.4 Å². The molecule has 0 bridgehead atoms. The highest BCUT2D eigenvalue weighted by Gasteiger charge is 2.42. The van der Waals surface area contributed by atoms with Gasteiger partial charge in [-0.3, -0.25) is 19.3 Å². The van der Waals surface area contributed by atoms with Crippen LogP contribution in [0.3, 0.4) is 0 Å². The first-order chi connectivity index (χ1) is 14.4. The summed E-state index contributed by atoms with van der Waals surface area (Å²) < 4.78 is 0.238. The van der Waals surface area contributed by atoms with Gasteiger partial charge < -0.3 is 10.0 Å². The van der Waals surface area contributed by atoms with Crippen molar-refractivity contribution in [3.8, 4) is 0 Å². The summed E-state index contributed by atoms with van der Waals surface area (Å²) in [5, 5.41) is 9.37. The van der Waals surface area contributed by atoms with Crippen LogP contribution in [-0.2, 0) is 20.9 Å². The number of hydrogen-bond acceptors (Lipinski definition) is 5. The van der Waals surface area contributed by atoms with E-state index >= 15 is 0 Å². The lowest BCUT2D eigenvalue weighted by atomic mass is 10.1. The zero-order valence-electron chi connectivity index (χ0n) is 15.5. The molecule has 2 heterocycles. The third kappa shape index (κ3) is 3.74. The minimum Gasteiger partial charge on any atom is -0.481 e. The summed E-state index contributed by atoms with van der Waals surface area (Å²) in [6.07, 6.45) is -0.231. The van der Waals surface area contributed by atoms with Crippen molar-refractivity contribution >= 4 is 68.9 Å². The Labute approximate surface area is 187 Å². The molecule has 0 spiro atoms. The Morgan fingerprint density at radius 1 is 1.07 bits per heavy atom. The number of carboxylic acids is 1. The number of carbonyl (C=O) groups is 3. The third-order valence-corrected chi connectivity index (χ3v) is 6.47. The molecule has 0 unspecified atom stereocenters. The van der Waals surface area contributed by atoms with E-state index in [1.54, 1.807) is 23.1 Å². The van der Waals surface area contributed by atoms with E-state index < -0.39 is 11.9 Å². The molecule has 1 fully saturated rings. The number of aliphatic carboxylic acids is 1. The van der Waals surface area contributed by atoms with Crippen LogP contribution in [-0.4, -0.2) is 38.7 Å². The van der Waals surface area contributed by atoms with Crippen LogP contribution in [0.5, 0.6) is 0 Å².